The molecule has 1 aromatic heterocycles. The molecule has 1 aliphatic heterocycles. The van der Waals surface area contributed by atoms with Crippen LogP contribution in [0.25, 0.3) is 11.0 Å². The van der Waals surface area contributed by atoms with E-state index in [1.165, 1.54) is 5.56 Å². The Bertz CT molecular complexity index is 1130. The lowest BCUT2D eigenvalue weighted by molar-refractivity contribution is 0.0854. The summed E-state index contributed by atoms with van der Waals surface area (Å²) in [4.78, 5) is 17.6. The smallest absolute Gasteiger partial charge is 0.256 e. The zero-order chi connectivity index (χ0) is 20.4. The molecule has 1 saturated heterocycles. The zero-order valence-electron chi connectivity index (χ0n) is 16.5. The van der Waals surface area contributed by atoms with Crippen LogP contribution in [0.3, 0.4) is 0 Å². The van der Waals surface area contributed by atoms with Crippen molar-refractivity contribution < 1.29 is 13.9 Å². The summed E-state index contributed by atoms with van der Waals surface area (Å²) in [5, 5.41) is 4.28. The highest BCUT2D eigenvalue weighted by molar-refractivity contribution is 6.31. The van der Waals surface area contributed by atoms with Gasteiger partial charge in [0.2, 0.25) is 5.55 Å². The summed E-state index contributed by atoms with van der Waals surface area (Å²) in [5.41, 5.74) is 4.31. The first-order valence-electron chi connectivity index (χ1n) is 9.75. The van der Waals surface area contributed by atoms with Crippen LogP contribution in [0.1, 0.15) is 34.3 Å². The van der Waals surface area contributed by atoms with Crippen LogP contribution in [-0.4, -0.2) is 25.2 Å². The van der Waals surface area contributed by atoms with Crippen LogP contribution in [0.15, 0.2) is 51.9 Å². The number of nitrogens with one attached hydrogen (secondary N) is 1. The predicted molar refractivity (Wildman–Crippen MR) is 114 cm³/mol. The van der Waals surface area contributed by atoms with Crippen molar-refractivity contribution in [2.24, 2.45) is 4.99 Å². The van der Waals surface area contributed by atoms with Crippen molar-refractivity contribution in [3.05, 3.63) is 69.7 Å². The molecule has 6 heteroatoms. The molecule has 0 saturated carbocycles. The van der Waals surface area contributed by atoms with Crippen LogP contribution < -0.4 is 10.9 Å². The SMILES string of the molecule is Cc1ccc(N=c2oc3ccc(Cl)cc3cc2C(=O)NCC2CCCO2)cc1C. The summed E-state index contributed by atoms with van der Waals surface area (Å²) in [6.45, 7) is 5.30. The van der Waals surface area contributed by atoms with Crippen molar-refractivity contribution in [2.75, 3.05) is 13.2 Å². The molecule has 4 rings (SSSR count). The highest BCUT2D eigenvalue weighted by atomic mass is 35.5. The van der Waals surface area contributed by atoms with E-state index in [0.29, 0.717) is 22.7 Å². The number of hydrogen-bond donors (Lipinski definition) is 1. The molecule has 1 aliphatic rings. The van der Waals surface area contributed by atoms with E-state index < -0.39 is 0 Å². The summed E-state index contributed by atoms with van der Waals surface area (Å²) in [7, 11) is 0. The minimum Gasteiger partial charge on any atom is -0.438 e. The minimum atomic E-state index is -0.242. The van der Waals surface area contributed by atoms with Crippen molar-refractivity contribution in [1.82, 2.24) is 5.32 Å². The predicted octanol–water partition coefficient (Wildman–Crippen LogP) is 4.84. The summed E-state index contributed by atoms with van der Waals surface area (Å²) >= 11 is 6.12. The van der Waals surface area contributed by atoms with Crippen LogP contribution in [0.5, 0.6) is 0 Å². The fourth-order valence-electron chi connectivity index (χ4n) is 3.37. The maximum atomic E-state index is 12.9. The molecule has 2 aromatic carbocycles. The molecule has 0 aliphatic carbocycles. The molecule has 1 fully saturated rings. The molecule has 0 spiro atoms. The molecule has 0 radical (unpaired) electrons. The molecule has 1 N–H and O–H groups in total. The number of fused-ring (bicyclic) bond motifs is 1. The van der Waals surface area contributed by atoms with Gasteiger partial charge < -0.3 is 14.5 Å². The third-order valence-corrected chi connectivity index (χ3v) is 5.42. The largest absolute Gasteiger partial charge is 0.438 e. The van der Waals surface area contributed by atoms with Gasteiger partial charge in [0.25, 0.3) is 5.91 Å². The van der Waals surface area contributed by atoms with Gasteiger partial charge in [-0.15, -0.1) is 0 Å². The fourth-order valence-corrected chi connectivity index (χ4v) is 3.55. The Morgan fingerprint density at radius 1 is 1.17 bits per heavy atom. The number of carbonyl (C=O) groups excluding carboxylic acids is 1. The fraction of sp³-hybridized carbons (Fsp3) is 0.304. The van der Waals surface area contributed by atoms with Crippen LogP contribution in [0.2, 0.25) is 5.02 Å². The van der Waals surface area contributed by atoms with Crippen molar-refractivity contribution in [3.63, 3.8) is 0 Å². The highest BCUT2D eigenvalue weighted by Gasteiger charge is 2.18. The normalized spacial score (nSPS) is 17.1. The maximum absolute atomic E-state index is 12.9. The Morgan fingerprint density at radius 3 is 2.79 bits per heavy atom. The quantitative estimate of drug-likeness (QED) is 0.669. The number of ether oxygens (including phenoxy) is 1. The van der Waals surface area contributed by atoms with E-state index in [-0.39, 0.29) is 17.6 Å². The van der Waals surface area contributed by atoms with Crippen molar-refractivity contribution in [1.29, 1.82) is 0 Å². The van der Waals surface area contributed by atoms with Crippen molar-refractivity contribution >= 4 is 34.2 Å². The summed E-state index contributed by atoms with van der Waals surface area (Å²) in [5.74, 6) is -0.242. The molecule has 1 atom stereocenters. The van der Waals surface area contributed by atoms with E-state index in [1.54, 1.807) is 24.3 Å². The highest BCUT2D eigenvalue weighted by Crippen LogP contribution is 2.21. The second-order valence-electron chi connectivity index (χ2n) is 7.37. The topological polar surface area (TPSA) is 63.8 Å². The molecule has 0 bridgehead atoms. The number of rotatable bonds is 4. The number of benzene rings is 2. The van der Waals surface area contributed by atoms with E-state index >= 15 is 0 Å². The van der Waals surface area contributed by atoms with Gasteiger partial charge in [-0.25, -0.2) is 4.99 Å². The standard InChI is InChI=1S/C23H23ClN2O3/c1-14-5-7-18(10-15(14)2)26-23-20(22(27)25-13-19-4-3-9-28-19)12-16-11-17(24)6-8-21(16)29-23/h5-8,10-12,19H,3-4,9,13H2,1-2H3,(H,25,27). The Morgan fingerprint density at radius 2 is 2.03 bits per heavy atom. The van der Waals surface area contributed by atoms with Gasteiger partial charge in [-0.3, -0.25) is 4.79 Å². The molecular weight excluding hydrogens is 388 g/mol. The number of nitrogens with zero attached hydrogens (tertiary/aromatic N) is 1. The number of aryl methyl sites for hydroxylation is 2. The van der Waals surface area contributed by atoms with E-state index in [1.807, 2.05) is 32.0 Å². The maximum Gasteiger partial charge on any atom is 0.256 e. The molecule has 1 unspecified atom stereocenters. The third kappa shape index (κ3) is 4.52. The zero-order valence-corrected chi connectivity index (χ0v) is 17.3. The Balaban J connectivity index is 1.76. The van der Waals surface area contributed by atoms with Gasteiger partial charge in [-0.2, -0.15) is 0 Å². The molecule has 2 heterocycles. The Kier molecular flexibility index (Phi) is 5.69. The van der Waals surface area contributed by atoms with E-state index in [4.69, 9.17) is 20.8 Å². The van der Waals surface area contributed by atoms with Gasteiger partial charge in [-0.1, -0.05) is 17.7 Å². The van der Waals surface area contributed by atoms with Gasteiger partial charge in [-0.05, 0) is 74.2 Å². The average Bonchev–Trinajstić information content (AvgIpc) is 3.22. The molecular formula is C23H23ClN2O3. The second-order valence-corrected chi connectivity index (χ2v) is 7.81. The number of halogens is 1. The van der Waals surface area contributed by atoms with Gasteiger partial charge in [0.1, 0.15) is 11.1 Å². The molecule has 5 nitrogen and oxygen atoms in total. The second kappa shape index (κ2) is 8.39. The van der Waals surface area contributed by atoms with Gasteiger partial charge in [0.05, 0.1) is 11.8 Å². The van der Waals surface area contributed by atoms with Crippen LogP contribution >= 0.6 is 11.6 Å². The van der Waals surface area contributed by atoms with Crippen LogP contribution in [0.4, 0.5) is 5.69 Å². The molecule has 1 amide bonds. The van der Waals surface area contributed by atoms with Crippen LogP contribution in [0, 0.1) is 13.8 Å². The first kappa shape index (κ1) is 19.7. The third-order valence-electron chi connectivity index (χ3n) is 5.19. The number of amides is 1. The lowest BCUT2D eigenvalue weighted by Crippen LogP contribution is -2.34. The van der Waals surface area contributed by atoms with E-state index in [0.717, 1.165) is 36.1 Å². The summed E-state index contributed by atoms with van der Waals surface area (Å²) in [6, 6.07) is 13.0. The van der Waals surface area contributed by atoms with Crippen molar-refractivity contribution in [2.45, 2.75) is 32.8 Å². The number of carbonyl (C=O) groups is 1. The molecule has 150 valence electrons. The number of hydrogen-bond acceptors (Lipinski definition) is 4. The molecule has 3 aromatic rings. The lowest BCUT2D eigenvalue weighted by Gasteiger charge is -2.11. The summed E-state index contributed by atoms with van der Waals surface area (Å²) < 4.78 is 11.6. The summed E-state index contributed by atoms with van der Waals surface area (Å²) in [6.07, 6.45) is 2.04. The lowest BCUT2D eigenvalue weighted by atomic mass is 10.1. The van der Waals surface area contributed by atoms with Crippen LogP contribution in [-0.2, 0) is 4.74 Å². The van der Waals surface area contributed by atoms with Gasteiger partial charge in [0.15, 0.2) is 0 Å². The van der Waals surface area contributed by atoms with Gasteiger partial charge in [0, 0.05) is 23.6 Å². The average molecular weight is 411 g/mol. The Hall–Kier alpha value is -2.63. The monoisotopic (exact) mass is 410 g/mol. The first-order valence-corrected chi connectivity index (χ1v) is 10.1. The first-order chi connectivity index (χ1) is 14.0. The minimum absolute atomic E-state index is 0.0610. The van der Waals surface area contributed by atoms with Gasteiger partial charge >= 0.3 is 0 Å². The molecule has 29 heavy (non-hydrogen) atoms. The Labute approximate surface area is 174 Å². The van der Waals surface area contributed by atoms with E-state index in [2.05, 4.69) is 10.3 Å². The van der Waals surface area contributed by atoms with Crippen molar-refractivity contribution in [3.8, 4) is 0 Å². The van der Waals surface area contributed by atoms with E-state index in [9.17, 15) is 4.79 Å².